The topological polar surface area (TPSA) is 315 Å². The average Bonchev–Trinajstić information content (AvgIpc) is 4.07. The van der Waals surface area contributed by atoms with Crippen molar-refractivity contribution in [2.45, 2.75) is 76.3 Å². The number of hydrogen-bond acceptors (Lipinski definition) is 14. The van der Waals surface area contributed by atoms with E-state index in [4.69, 9.17) is 42.3 Å². The lowest BCUT2D eigenvalue weighted by Crippen LogP contribution is -2.38. The number of ether oxygens (including phenoxy) is 3. The minimum atomic E-state index is -1.05. The van der Waals surface area contributed by atoms with E-state index >= 15 is 0 Å². The third-order valence-corrected chi connectivity index (χ3v) is 13.6. The number of hydrogen-bond donors (Lipinski definition) is 5. The van der Waals surface area contributed by atoms with E-state index in [1.54, 1.807) is 26.8 Å². The molecule has 0 spiro atoms. The van der Waals surface area contributed by atoms with Crippen LogP contribution in [0.3, 0.4) is 0 Å². The Hall–Kier alpha value is -8.25. The molecule has 2 aromatic heterocycles. The smallest absolute Gasteiger partial charge is 0.320 e. The van der Waals surface area contributed by atoms with Gasteiger partial charge in [-0.3, -0.25) is 14.0 Å². The first-order valence-electron chi connectivity index (χ1n) is 27.4. The fourth-order valence-corrected chi connectivity index (χ4v) is 9.67. The van der Waals surface area contributed by atoms with Gasteiger partial charge in [0, 0.05) is 86.7 Å². The van der Waals surface area contributed by atoms with E-state index < -0.39 is 36.8 Å². The molecule has 8 rings (SSSR count). The molecule has 2 aromatic carbocycles. The van der Waals surface area contributed by atoms with E-state index in [9.17, 15) is 37.5 Å². The number of azide groups is 2. The summed E-state index contributed by atoms with van der Waals surface area (Å²) >= 11 is 0. The molecule has 0 saturated carbocycles. The number of nitrogens with zero attached hydrogens (tertiary/aromatic N) is 12. The summed E-state index contributed by atoms with van der Waals surface area (Å²) in [5.74, 6) is -0.378. The number of aryl methyl sites for hydroxylation is 4. The Morgan fingerprint density at radius 2 is 1.27 bits per heavy atom. The fraction of sp³-hybridized carbons (Fsp3) is 0.519. The summed E-state index contributed by atoms with van der Waals surface area (Å²) in [6, 6.07) is 15.4. The van der Waals surface area contributed by atoms with Gasteiger partial charge >= 0.3 is 18.0 Å². The zero-order valence-electron chi connectivity index (χ0n) is 46.8. The van der Waals surface area contributed by atoms with Gasteiger partial charge in [0.2, 0.25) is 5.91 Å². The molecule has 2 fully saturated rings. The number of carbonyl (C=O) groups is 4. The standard InChI is InChI=1S/C28H37FN8O4.C24H29FN4O4.CH3F.CH4N4/c1-40-25-9-7-21(18-23(25)29)24(19-26(38)31-11-16-41-17-12-33-35-30)37-15-14-36(28(37)39)13-3-5-22-8-6-20-4-2-10-32-27(20)34-22;1-33-21-9-7-17(14-19(21)25)20(15-22(30)31)29-13-12-28(24(29)32)11-3-5-18-8-6-16-4-2-10-26-23(16)27-18;1-2;2-1-4-5-3/h6-9,18,24H,2-5,10-17,19H2,1H3,(H,31,38)(H,32,34);6-9,14,20H,2-5,10-13,15H2,1H3,(H,26,27)(H,30,31);1H3;1-2H2/t24-;20-;;/m00../s1/i;;1D;. The largest absolute Gasteiger partial charge is 0.494 e. The number of anilines is 2. The number of carbonyl (C=O) groups excluding carboxylic acids is 3. The van der Waals surface area contributed by atoms with Crippen molar-refractivity contribution < 1.29 is 53.0 Å². The third-order valence-electron chi connectivity index (χ3n) is 13.6. The van der Waals surface area contributed by atoms with Crippen molar-refractivity contribution in [2.75, 3.05) is 117 Å². The SMILES string of the molecule is COc1ccc([C@H](CC(=O)NCCOCCN=[N+]=[N-])N2CCN(CCCc3ccc4c(n3)NCCC4)C2=O)cc1F.COc1ccc([C@H](CC(=O)O)N2CCN(CCCc3ccc4c(n3)NCCC4)C2=O)cc1F.[2H]CF.[N-]=[N+]=NCN. The molecule has 0 unspecified atom stereocenters. The number of nitrogens with one attached hydrogen (secondary N) is 3. The van der Waals surface area contributed by atoms with Crippen molar-refractivity contribution in [1.82, 2.24) is 34.9 Å². The van der Waals surface area contributed by atoms with Crippen LogP contribution in [0.25, 0.3) is 20.9 Å². The lowest BCUT2D eigenvalue weighted by Gasteiger charge is -2.28. The van der Waals surface area contributed by atoms with Crippen LogP contribution in [0.2, 0.25) is 0 Å². The van der Waals surface area contributed by atoms with Crippen molar-refractivity contribution in [3.8, 4) is 11.5 Å². The molecule has 438 valence electrons. The number of amides is 5. The first-order chi connectivity index (χ1) is 39.8. The van der Waals surface area contributed by atoms with E-state index in [-0.39, 0.29) is 75.3 Å². The molecule has 2 atom stereocenters. The molecule has 0 bridgehead atoms. The van der Waals surface area contributed by atoms with Crippen LogP contribution in [0, 0.1) is 11.6 Å². The van der Waals surface area contributed by atoms with Gasteiger partial charge in [-0.15, -0.1) is 0 Å². The van der Waals surface area contributed by atoms with Crippen LogP contribution in [0.15, 0.2) is 70.9 Å². The quantitative estimate of drug-likeness (QED) is 0.0181. The predicted molar refractivity (Wildman–Crippen MR) is 297 cm³/mol. The van der Waals surface area contributed by atoms with Crippen LogP contribution in [0.5, 0.6) is 11.5 Å². The minimum Gasteiger partial charge on any atom is -0.494 e. The third kappa shape index (κ3) is 19.2. The summed E-state index contributed by atoms with van der Waals surface area (Å²) < 4.78 is 59.7. The van der Waals surface area contributed by atoms with Gasteiger partial charge < -0.3 is 60.6 Å². The maximum atomic E-state index is 14.6. The first-order valence-corrected chi connectivity index (χ1v) is 26.7. The number of carboxylic acid groups (broad SMARTS) is 1. The first kappa shape index (κ1) is 62.0. The number of nitrogens with two attached hydrogens (primary N) is 1. The minimum absolute atomic E-state index is 0.0316. The Labute approximate surface area is 470 Å². The van der Waals surface area contributed by atoms with E-state index in [1.165, 1.54) is 54.5 Å². The summed E-state index contributed by atoms with van der Waals surface area (Å²) in [6.45, 7) is 5.86. The van der Waals surface area contributed by atoms with Crippen molar-refractivity contribution in [2.24, 2.45) is 16.0 Å². The molecular weight excluding hydrogens is 1060 g/mol. The van der Waals surface area contributed by atoms with Gasteiger partial charge in [-0.2, -0.15) is 0 Å². The number of benzene rings is 2. The Kier molecular flexibility index (Phi) is 26.0. The van der Waals surface area contributed by atoms with Crippen molar-refractivity contribution in [1.29, 1.82) is 0 Å². The summed E-state index contributed by atoms with van der Waals surface area (Å²) in [6.07, 6.45) is 7.00. The molecule has 6 heterocycles. The highest BCUT2D eigenvalue weighted by Crippen LogP contribution is 2.33. The maximum Gasteiger partial charge on any atom is 0.320 e. The highest BCUT2D eigenvalue weighted by Gasteiger charge is 2.37. The van der Waals surface area contributed by atoms with Crippen LogP contribution < -0.4 is 31.2 Å². The Morgan fingerprint density at radius 1 is 0.778 bits per heavy atom. The molecule has 24 nitrogen and oxygen atoms in total. The molecule has 4 aromatic rings. The second kappa shape index (κ2) is 34.0. The molecular formula is C54H73F3N16O8. The number of fused-ring (bicyclic) bond motifs is 2. The zero-order chi connectivity index (χ0) is 59.2. The Morgan fingerprint density at radius 3 is 1.70 bits per heavy atom. The second-order valence-electron chi connectivity index (χ2n) is 18.8. The molecule has 6 N–H and O–H groups in total. The molecule has 5 amide bonds. The molecule has 0 radical (unpaired) electrons. The van der Waals surface area contributed by atoms with Gasteiger partial charge in [0.25, 0.3) is 0 Å². The van der Waals surface area contributed by atoms with Crippen molar-refractivity contribution in [3.63, 3.8) is 0 Å². The zero-order valence-corrected chi connectivity index (χ0v) is 45.8. The number of urea groups is 2. The van der Waals surface area contributed by atoms with E-state index in [0.717, 1.165) is 87.5 Å². The van der Waals surface area contributed by atoms with Gasteiger partial charge in [-0.1, -0.05) is 34.5 Å². The van der Waals surface area contributed by atoms with Gasteiger partial charge in [0.15, 0.2) is 23.1 Å². The second-order valence-corrected chi connectivity index (χ2v) is 18.8. The van der Waals surface area contributed by atoms with Crippen LogP contribution in [-0.2, 0) is 40.0 Å². The highest BCUT2D eigenvalue weighted by molar-refractivity contribution is 5.81. The summed E-state index contributed by atoms with van der Waals surface area (Å²) in [5.41, 5.74) is 25.9. The molecule has 4 aliphatic rings. The van der Waals surface area contributed by atoms with Gasteiger partial charge in [-0.25, -0.2) is 28.3 Å². The predicted octanol–water partition coefficient (Wildman–Crippen LogP) is 8.10. The summed E-state index contributed by atoms with van der Waals surface area (Å²) in [4.78, 5) is 71.9. The number of methoxy groups -OCH3 is 2. The molecule has 4 aliphatic heterocycles. The van der Waals surface area contributed by atoms with Crippen molar-refractivity contribution >= 4 is 35.6 Å². The number of pyridine rings is 2. The van der Waals surface area contributed by atoms with Crippen LogP contribution in [0.1, 0.15) is 85.6 Å². The number of aliphatic carboxylic acids is 1. The van der Waals surface area contributed by atoms with Gasteiger partial charge in [-0.05, 0) is 121 Å². The average molecular weight is 1130 g/mol. The van der Waals surface area contributed by atoms with E-state index in [2.05, 4.69) is 54.2 Å². The summed E-state index contributed by atoms with van der Waals surface area (Å²) in [5, 5.41) is 25.2. The van der Waals surface area contributed by atoms with Crippen molar-refractivity contribution in [3.05, 3.63) is 127 Å². The Balaban J connectivity index is 0.000000270. The van der Waals surface area contributed by atoms with E-state index in [1.807, 2.05) is 6.07 Å². The molecule has 81 heavy (non-hydrogen) atoms. The van der Waals surface area contributed by atoms with Crippen LogP contribution in [-0.4, -0.2) is 165 Å². The fourth-order valence-electron chi connectivity index (χ4n) is 9.67. The van der Waals surface area contributed by atoms with Crippen LogP contribution >= 0.6 is 0 Å². The monoisotopic (exact) mass is 1130 g/mol. The van der Waals surface area contributed by atoms with Gasteiger partial charge in [0.05, 0.1) is 67.6 Å². The lowest BCUT2D eigenvalue weighted by atomic mass is 10.0. The Bertz CT molecular complexity index is 2830. The lowest BCUT2D eigenvalue weighted by molar-refractivity contribution is -0.138. The normalized spacial score (nSPS) is 14.9. The number of rotatable bonds is 25. The van der Waals surface area contributed by atoms with Gasteiger partial charge in [0.1, 0.15) is 11.6 Å². The van der Waals surface area contributed by atoms with E-state index in [0.29, 0.717) is 50.4 Å². The molecule has 27 heteroatoms. The number of halogens is 3. The number of alkyl halides is 1. The van der Waals surface area contributed by atoms with Crippen LogP contribution in [0.4, 0.5) is 34.4 Å². The molecule has 2 saturated heterocycles. The maximum absolute atomic E-state index is 14.6. The highest BCUT2D eigenvalue weighted by atomic mass is 19.1. The number of aromatic nitrogens is 2. The summed E-state index contributed by atoms with van der Waals surface area (Å²) in [7, 11) is 1.75. The number of carboxylic acids is 1. The molecule has 0 aliphatic carbocycles.